The van der Waals surface area contributed by atoms with Gasteiger partial charge in [0.05, 0.1) is 0 Å². The van der Waals surface area contributed by atoms with Crippen molar-refractivity contribution in [3.8, 4) is 0 Å². The Hall–Kier alpha value is -0.0400. The molecule has 84 valence electrons. The molecular formula is C13H27N. The van der Waals surface area contributed by atoms with Gasteiger partial charge in [0.2, 0.25) is 0 Å². The van der Waals surface area contributed by atoms with Gasteiger partial charge in [-0.25, -0.2) is 0 Å². The molecule has 1 N–H and O–H groups in total. The van der Waals surface area contributed by atoms with Crippen molar-refractivity contribution in [2.45, 2.75) is 65.8 Å². The van der Waals surface area contributed by atoms with E-state index in [2.05, 4.69) is 33.0 Å². The topological polar surface area (TPSA) is 12.0 Å². The first kappa shape index (κ1) is 12.0. The lowest BCUT2D eigenvalue weighted by atomic mass is 9.70. The zero-order chi connectivity index (χ0) is 10.6. The van der Waals surface area contributed by atoms with Crippen molar-refractivity contribution in [3.05, 3.63) is 0 Å². The summed E-state index contributed by atoms with van der Waals surface area (Å²) in [6.45, 7) is 10.7. The van der Waals surface area contributed by atoms with E-state index < -0.39 is 0 Å². The third-order valence-electron chi connectivity index (χ3n) is 3.63. The maximum atomic E-state index is 3.71. The van der Waals surface area contributed by atoms with Gasteiger partial charge in [-0.15, -0.1) is 0 Å². The molecule has 0 radical (unpaired) electrons. The van der Waals surface area contributed by atoms with Gasteiger partial charge in [-0.05, 0) is 43.6 Å². The van der Waals surface area contributed by atoms with Crippen LogP contribution in [0.4, 0.5) is 0 Å². The van der Waals surface area contributed by atoms with Gasteiger partial charge in [-0.1, -0.05) is 34.1 Å². The Labute approximate surface area is 89.7 Å². The number of rotatable bonds is 4. The van der Waals surface area contributed by atoms with Crippen LogP contribution >= 0.6 is 0 Å². The van der Waals surface area contributed by atoms with Crippen molar-refractivity contribution in [2.75, 3.05) is 6.54 Å². The Bertz CT molecular complexity index is 163. The fourth-order valence-electron chi connectivity index (χ4n) is 2.71. The first-order valence-electron chi connectivity index (χ1n) is 6.28. The average molecular weight is 197 g/mol. The molecule has 0 bridgehead atoms. The molecular weight excluding hydrogens is 170 g/mol. The minimum atomic E-state index is 0.586. The van der Waals surface area contributed by atoms with Crippen LogP contribution in [0.1, 0.15) is 59.8 Å². The summed E-state index contributed by atoms with van der Waals surface area (Å²) in [5.74, 6) is 0.857. The summed E-state index contributed by atoms with van der Waals surface area (Å²) in [4.78, 5) is 0. The van der Waals surface area contributed by atoms with Crippen LogP contribution in [-0.2, 0) is 0 Å². The minimum absolute atomic E-state index is 0.586. The van der Waals surface area contributed by atoms with Gasteiger partial charge in [-0.2, -0.15) is 0 Å². The molecule has 2 unspecified atom stereocenters. The van der Waals surface area contributed by atoms with Crippen LogP contribution < -0.4 is 5.32 Å². The molecule has 0 aliphatic heterocycles. The molecule has 0 aromatic carbocycles. The highest BCUT2D eigenvalue weighted by Crippen LogP contribution is 2.38. The molecule has 0 aromatic rings. The Kier molecular flexibility index (Phi) is 4.43. The minimum Gasteiger partial charge on any atom is -0.314 e. The number of hydrogen-bond acceptors (Lipinski definition) is 1. The maximum Gasteiger partial charge on any atom is 0.00930 e. The van der Waals surface area contributed by atoms with Crippen LogP contribution in [0.3, 0.4) is 0 Å². The van der Waals surface area contributed by atoms with E-state index in [9.17, 15) is 0 Å². The second-order valence-corrected chi connectivity index (χ2v) is 5.80. The van der Waals surface area contributed by atoms with Crippen LogP contribution in [0.5, 0.6) is 0 Å². The maximum absolute atomic E-state index is 3.71. The molecule has 0 spiro atoms. The van der Waals surface area contributed by atoms with E-state index in [-0.39, 0.29) is 0 Å². The summed E-state index contributed by atoms with van der Waals surface area (Å²) in [5.41, 5.74) is 0.586. The van der Waals surface area contributed by atoms with Gasteiger partial charge >= 0.3 is 0 Å². The fraction of sp³-hybridized carbons (Fsp3) is 1.00. The first-order valence-corrected chi connectivity index (χ1v) is 6.28. The molecule has 1 fully saturated rings. The third-order valence-corrected chi connectivity index (χ3v) is 3.63. The molecule has 0 heterocycles. The van der Waals surface area contributed by atoms with Crippen LogP contribution in [0.25, 0.3) is 0 Å². The summed E-state index contributed by atoms with van der Waals surface area (Å²) in [6, 6.07) is 0.787. The van der Waals surface area contributed by atoms with Gasteiger partial charge in [0.15, 0.2) is 0 Å². The highest BCUT2D eigenvalue weighted by molar-refractivity contribution is 4.86. The second kappa shape index (κ2) is 5.16. The fourth-order valence-corrected chi connectivity index (χ4v) is 2.71. The van der Waals surface area contributed by atoms with Gasteiger partial charge in [0.1, 0.15) is 0 Å². The van der Waals surface area contributed by atoms with Crippen LogP contribution in [0.2, 0.25) is 0 Å². The molecule has 14 heavy (non-hydrogen) atoms. The Morgan fingerprint density at radius 3 is 2.64 bits per heavy atom. The molecule has 1 nitrogen and oxygen atoms in total. The Morgan fingerprint density at radius 1 is 1.36 bits per heavy atom. The Morgan fingerprint density at radius 2 is 2.07 bits per heavy atom. The largest absolute Gasteiger partial charge is 0.314 e. The lowest BCUT2D eigenvalue weighted by Gasteiger charge is -2.39. The second-order valence-electron chi connectivity index (χ2n) is 5.80. The van der Waals surface area contributed by atoms with E-state index in [0.717, 1.165) is 12.0 Å². The molecule has 1 aliphatic rings. The SMILES string of the molecule is CCCCNC1CCC(C)(C)CC1C. The van der Waals surface area contributed by atoms with Gasteiger partial charge in [-0.3, -0.25) is 0 Å². The van der Waals surface area contributed by atoms with E-state index in [1.54, 1.807) is 0 Å². The summed E-state index contributed by atoms with van der Waals surface area (Å²) >= 11 is 0. The van der Waals surface area contributed by atoms with E-state index in [4.69, 9.17) is 0 Å². The highest BCUT2D eigenvalue weighted by atomic mass is 14.9. The smallest absolute Gasteiger partial charge is 0.00930 e. The Balaban J connectivity index is 2.27. The zero-order valence-electron chi connectivity index (χ0n) is 10.4. The molecule has 2 atom stereocenters. The standard InChI is InChI=1S/C13H27N/c1-5-6-9-14-12-7-8-13(3,4)10-11(12)2/h11-12,14H,5-10H2,1-4H3. The summed E-state index contributed by atoms with van der Waals surface area (Å²) in [6.07, 6.45) is 6.78. The van der Waals surface area contributed by atoms with E-state index in [1.165, 1.54) is 38.6 Å². The van der Waals surface area contributed by atoms with Crippen molar-refractivity contribution in [2.24, 2.45) is 11.3 Å². The third kappa shape index (κ3) is 3.61. The van der Waals surface area contributed by atoms with Crippen molar-refractivity contribution in [3.63, 3.8) is 0 Å². The van der Waals surface area contributed by atoms with Gasteiger partial charge in [0.25, 0.3) is 0 Å². The molecule has 1 heteroatoms. The number of unbranched alkanes of at least 4 members (excludes halogenated alkanes) is 1. The zero-order valence-corrected chi connectivity index (χ0v) is 10.4. The van der Waals surface area contributed by atoms with Crippen molar-refractivity contribution < 1.29 is 0 Å². The molecule has 0 aromatic heterocycles. The van der Waals surface area contributed by atoms with Gasteiger partial charge < -0.3 is 5.32 Å². The quantitative estimate of drug-likeness (QED) is 0.679. The van der Waals surface area contributed by atoms with Crippen LogP contribution in [0, 0.1) is 11.3 Å². The van der Waals surface area contributed by atoms with E-state index in [1.807, 2.05) is 0 Å². The molecule has 1 rings (SSSR count). The summed E-state index contributed by atoms with van der Waals surface area (Å²) in [5, 5.41) is 3.71. The van der Waals surface area contributed by atoms with Crippen LogP contribution in [-0.4, -0.2) is 12.6 Å². The number of nitrogens with one attached hydrogen (secondary N) is 1. The van der Waals surface area contributed by atoms with Crippen molar-refractivity contribution in [1.29, 1.82) is 0 Å². The average Bonchev–Trinajstić information content (AvgIpc) is 2.08. The summed E-state index contributed by atoms with van der Waals surface area (Å²) < 4.78 is 0. The molecule has 1 saturated carbocycles. The van der Waals surface area contributed by atoms with Gasteiger partial charge in [0, 0.05) is 6.04 Å². The lowest BCUT2D eigenvalue weighted by molar-refractivity contribution is 0.149. The molecule has 0 saturated heterocycles. The monoisotopic (exact) mass is 197 g/mol. The van der Waals surface area contributed by atoms with Crippen molar-refractivity contribution >= 4 is 0 Å². The molecule has 1 aliphatic carbocycles. The highest BCUT2D eigenvalue weighted by Gasteiger charge is 2.31. The first-order chi connectivity index (χ1) is 6.55. The lowest BCUT2D eigenvalue weighted by Crippen LogP contribution is -2.41. The predicted octanol–water partition coefficient (Wildman–Crippen LogP) is 3.59. The van der Waals surface area contributed by atoms with E-state index >= 15 is 0 Å². The normalized spacial score (nSPS) is 31.7. The van der Waals surface area contributed by atoms with Crippen LogP contribution in [0.15, 0.2) is 0 Å². The van der Waals surface area contributed by atoms with Crippen molar-refractivity contribution in [1.82, 2.24) is 5.32 Å². The number of hydrogen-bond donors (Lipinski definition) is 1. The predicted molar refractivity (Wildman–Crippen MR) is 63.5 cm³/mol. The molecule has 0 amide bonds. The summed E-state index contributed by atoms with van der Waals surface area (Å²) in [7, 11) is 0. The van der Waals surface area contributed by atoms with E-state index in [0.29, 0.717) is 5.41 Å².